The maximum absolute atomic E-state index is 11.1. The zero-order valence-corrected chi connectivity index (χ0v) is 8.95. The van der Waals surface area contributed by atoms with E-state index >= 15 is 0 Å². The fourth-order valence-electron chi connectivity index (χ4n) is 0.880. The molecule has 84 valence electrons. The number of aliphatic hydroxyl groups is 2. The standard InChI is InChI=1S/C10H20O4/c1-10(2,13)6-5-9(12)14-8-4-3-7-11/h11,13H,3-8H2,1-2H3. The Labute approximate surface area is 84.9 Å². The van der Waals surface area contributed by atoms with E-state index in [1.807, 2.05) is 0 Å². The molecule has 0 aromatic rings. The van der Waals surface area contributed by atoms with Crippen LogP contribution in [0.25, 0.3) is 0 Å². The first-order chi connectivity index (χ1) is 6.45. The summed E-state index contributed by atoms with van der Waals surface area (Å²) in [6.07, 6.45) is 1.98. The smallest absolute Gasteiger partial charge is 0.305 e. The van der Waals surface area contributed by atoms with Crippen molar-refractivity contribution in [3.05, 3.63) is 0 Å². The maximum Gasteiger partial charge on any atom is 0.305 e. The highest BCUT2D eigenvalue weighted by atomic mass is 16.5. The van der Waals surface area contributed by atoms with Crippen molar-refractivity contribution in [2.75, 3.05) is 13.2 Å². The predicted molar refractivity (Wildman–Crippen MR) is 52.8 cm³/mol. The molecule has 0 aliphatic rings. The van der Waals surface area contributed by atoms with Crippen molar-refractivity contribution in [3.63, 3.8) is 0 Å². The topological polar surface area (TPSA) is 66.8 Å². The van der Waals surface area contributed by atoms with Gasteiger partial charge in [0.25, 0.3) is 0 Å². The molecule has 0 heterocycles. The fourth-order valence-corrected chi connectivity index (χ4v) is 0.880. The molecule has 0 aromatic carbocycles. The van der Waals surface area contributed by atoms with E-state index in [0.29, 0.717) is 25.9 Å². The Morgan fingerprint density at radius 2 is 2.00 bits per heavy atom. The molecule has 0 aliphatic carbocycles. The molecule has 0 unspecified atom stereocenters. The Kier molecular flexibility index (Phi) is 6.49. The second-order valence-corrected chi connectivity index (χ2v) is 3.96. The average Bonchev–Trinajstić information content (AvgIpc) is 2.08. The molecule has 0 saturated carbocycles. The zero-order valence-electron chi connectivity index (χ0n) is 8.95. The van der Waals surface area contributed by atoms with Gasteiger partial charge in [0.1, 0.15) is 0 Å². The third-order valence-electron chi connectivity index (χ3n) is 1.76. The van der Waals surface area contributed by atoms with E-state index in [0.717, 1.165) is 0 Å². The summed E-state index contributed by atoms with van der Waals surface area (Å²) in [5, 5.41) is 17.8. The number of rotatable bonds is 7. The summed E-state index contributed by atoms with van der Waals surface area (Å²) >= 11 is 0. The Bertz CT molecular complexity index is 160. The molecule has 0 fully saturated rings. The minimum atomic E-state index is -0.815. The van der Waals surface area contributed by atoms with Crippen LogP contribution in [0.5, 0.6) is 0 Å². The lowest BCUT2D eigenvalue weighted by molar-refractivity contribution is -0.145. The molecule has 0 aromatic heterocycles. The summed E-state index contributed by atoms with van der Waals surface area (Å²) in [6.45, 7) is 3.80. The second kappa shape index (κ2) is 6.79. The molecular formula is C10H20O4. The highest BCUT2D eigenvalue weighted by Crippen LogP contribution is 2.10. The third-order valence-corrected chi connectivity index (χ3v) is 1.76. The van der Waals surface area contributed by atoms with Crippen LogP contribution in [0.4, 0.5) is 0 Å². The van der Waals surface area contributed by atoms with Crippen LogP contribution in [0, 0.1) is 0 Å². The molecule has 4 heteroatoms. The summed E-state index contributed by atoms with van der Waals surface area (Å²) in [4.78, 5) is 11.1. The first kappa shape index (κ1) is 13.4. The molecule has 0 spiro atoms. The minimum Gasteiger partial charge on any atom is -0.466 e. The average molecular weight is 204 g/mol. The SMILES string of the molecule is CC(C)(O)CCC(=O)OCCCCO. The van der Waals surface area contributed by atoms with Gasteiger partial charge in [-0.25, -0.2) is 0 Å². The molecule has 0 radical (unpaired) electrons. The van der Waals surface area contributed by atoms with Gasteiger partial charge < -0.3 is 14.9 Å². The van der Waals surface area contributed by atoms with Crippen LogP contribution in [0.15, 0.2) is 0 Å². The largest absolute Gasteiger partial charge is 0.466 e. The Hall–Kier alpha value is -0.610. The van der Waals surface area contributed by atoms with E-state index in [1.54, 1.807) is 13.8 Å². The van der Waals surface area contributed by atoms with E-state index < -0.39 is 5.60 Å². The summed E-state index contributed by atoms with van der Waals surface area (Å²) in [5.74, 6) is -0.287. The molecule has 2 N–H and O–H groups in total. The zero-order chi connectivity index (χ0) is 11.0. The molecule has 4 nitrogen and oxygen atoms in total. The second-order valence-electron chi connectivity index (χ2n) is 3.96. The van der Waals surface area contributed by atoms with Gasteiger partial charge in [0.15, 0.2) is 0 Å². The van der Waals surface area contributed by atoms with E-state index in [2.05, 4.69) is 0 Å². The van der Waals surface area contributed by atoms with Gasteiger partial charge in [0.2, 0.25) is 0 Å². The van der Waals surface area contributed by atoms with Crippen LogP contribution in [-0.4, -0.2) is 35.0 Å². The van der Waals surface area contributed by atoms with Gasteiger partial charge in [-0.3, -0.25) is 4.79 Å². The molecule has 0 bridgehead atoms. The highest BCUT2D eigenvalue weighted by Gasteiger charge is 2.15. The van der Waals surface area contributed by atoms with E-state index in [-0.39, 0.29) is 19.0 Å². The predicted octanol–water partition coefficient (Wildman–Crippen LogP) is 0.853. The number of hydrogen-bond acceptors (Lipinski definition) is 4. The van der Waals surface area contributed by atoms with E-state index in [1.165, 1.54) is 0 Å². The quantitative estimate of drug-likeness (QED) is 0.476. The van der Waals surface area contributed by atoms with Crippen LogP contribution in [0.3, 0.4) is 0 Å². The number of unbranched alkanes of at least 4 members (excludes halogenated alkanes) is 1. The van der Waals surface area contributed by atoms with Crippen molar-refractivity contribution in [2.45, 2.75) is 45.1 Å². The van der Waals surface area contributed by atoms with E-state index in [4.69, 9.17) is 9.84 Å². The van der Waals surface area contributed by atoms with Crippen LogP contribution < -0.4 is 0 Å². The summed E-state index contributed by atoms with van der Waals surface area (Å²) in [7, 11) is 0. The summed E-state index contributed by atoms with van der Waals surface area (Å²) in [6, 6.07) is 0. The Morgan fingerprint density at radius 3 is 2.50 bits per heavy atom. The van der Waals surface area contributed by atoms with Crippen molar-refractivity contribution in [1.82, 2.24) is 0 Å². The van der Waals surface area contributed by atoms with Crippen molar-refractivity contribution >= 4 is 5.97 Å². The maximum atomic E-state index is 11.1. The summed E-state index contributed by atoms with van der Waals surface area (Å²) < 4.78 is 4.88. The van der Waals surface area contributed by atoms with Gasteiger partial charge in [-0.05, 0) is 33.1 Å². The van der Waals surface area contributed by atoms with Crippen molar-refractivity contribution in [3.8, 4) is 0 Å². The highest BCUT2D eigenvalue weighted by molar-refractivity contribution is 5.69. The molecule has 0 aliphatic heterocycles. The molecular weight excluding hydrogens is 184 g/mol. The van der Waals surface area contributed by atoms with E-state index in [9.17, 15) is 9.90 Å². The van der Waals surface area contributed by atoms with Gasteiger partial charge in [-0.1, -0.05) is 0 Å². The van der Waals surface area contributed by atoms with Gasteiger partial charge in [-0.2, -0.15) is 0 Å². The number of carbonyl (C=O) groups excluding carboxylic acids is 1. The molecule has 0 atom stereocenters. The fraction of sp³-hybridized carbons (Fsp3) is 0.900. The Morgan fingerprint density at radius 1 is 1.36 bits per heavy atom. The Balaban J connectivity index is 3.38. The van der Waals surface area contributed by atoms with Crippen molar-refractivity contribution in [2.24, 2.45) is 0 Å². The van der Waals surface area contributed by atoms with Gasteiger partial charge >= 0.3 is 5.97 Å². The monoisotopic (exact) mass is 204 g/mol. The lowest BCUT2D eigenvalue weighted by atomic mass is 10.0. The van der Waals surface area contributed by atoms with Gasteiger partial charge in [0.05, 0.1) is 12.2 Å². The number of aliphatic hydroxyl groups excluding tert-OH is 1. The van der Waals surface area contributed by atoms with Crippen molar-refractivity contribution in [1.29, 1.82) is 0 Å². The van der Waals surface area contributed by atoms with Crippen LogP contribution in [-0.2, 0) is 9.53 Å². The number of ether oxygens (including phenoxy) is 1. The third kappa shape index (κ3) is 9.48. The molecule has 14 heavy (non-hydrogen) atoms. The molecule has 0 saturated heterocycles. The van der Waals surface area contributed by atoms with Crippen LogP contribution in [0.2, 0.25) is 0 Å². The van der Waals surface area contributed by atoms with Crippen LogP contribution >= 0.6 is 0 Å². The number of esters is 1. The molecule has 0 rings (SSSR count). The summed E-state index contributed by atoms with van der Waals surface area (Å²) in [5.41, 5.74) is -0.815. The number of carbonyl (C=O) groups is 1. The van der Waals surface area contributed by atoms with Gasteiger partial charge in [-0.15, -0.1) is 0 Å². The van der Waals surface area contributed by atoms with Crippen molar-refractivity contribution < 1.29 is 19.7 Å². The molecule has 0 amide bonds. The minimum absolute atomic E-state index is 0.126. The number of hydrogen-bond donors (Lipinski definition) is 2. The first-order valence-electron chi connectivity index (χ1n) is 4.94. The normalized spacial score (nSPS) is 11.4. The van der Waals surface area contributed by atoms with Crippen LogP contribution in [0.1, 0.15) is 39.5 Å². The lowest BCUT2D eigenvalue weighted by Gasteiger charge is -2.15. The van der Waals surface area contributed by atoms with Gasteiger partial charge in [0, 0.05) is 13.0 Å². The lowest BCUT2D eigenvalue weighted by Crippen LogP contribution is -2.20. The first-order valence-corrected chi connectivity index (χ1v) is 4.94.